The van der Waals surface area contributed by atoms with Crippen molar-refractivity contribution in [1.82, 2.24) is 29.7 Å². The van der Waals surface area contributed by atoms with Gasteiger partial charge in [0.1, 0.15) is 0 Å². The largest absolute Gasteiger partial charge is 0 e. The Labute approximate surface area is 802 Å². The number of aryl methyl sites for hydroxylation is 2. The van der Waals surface area contributed by atoms with Crippen LogP contribution in [0.25, 0.3) is 65.4 Å². The zero-order valence-corrected chi connectivity index (χ0v) is 92.9. The van der Waals surface area contributed by atoms with Gasteiger partial charge in [-0.1, -0.05) is 177 Å². The van der Waals surface area contributed by atoms with E-state index in [1.54, 1.807) is 0 Å². The Bertz CT molecular complexity index is 3560. The van der Waals surface area contributed by atoms with Crippen LogP contribution in [0.15, 0.2) is 146 Å². The molecular weight excluding hydrogens is 2080 g/mol. The van der Waals surface area contributed by atoms with Crippen molar-refractivity contribution in [3.8, 4) is 0 Å². The van der Waals surface area contributed by atoms with E-state index in [-0.39, 0.29) is 256 Å². The van der Waals surface area contributed by atoms with E-state index in [1.165, 1.54) is 142 Å². The third-order valence-electron chi connectivity index (χ3n) is 14.3. The number of fused-ring (bicyclic) bond motifs is 6. The summed E-state index contributed by atoms with van der Waals surface area (Å²) in [6, 6.07) is 52.9. The maximum absolute atomic E-state index is 7.50. The van der Waals surface area contributed by atoms with Crippen molar-refractivity contribution in [1.29, 1.82) is 0 Å². The number of rotatable bonds is 18. The maximum Gasteiger partial charge on any atom is 0 e. The van der Waals surface area contributed by atoms with Gasteiger partial charge in [-0.05, 0) is 111 Å². The van der Waals surface area contributed by atoms with Crippen LogP contribution in [0, 0.1) is 26.6 Å². The molecule has 0 N–H and O–H groups in total. The quantitative estimate of drug-likeness (QED) is 0.0276. The van der Waals surface area contributed by atoms with Gasteiger partial charge in [0.05, 0.1) is 70.1 Å². The van der Waals surface area contributed by atoms with Crippen LogP contribution >= 0.6 is 47.5 Å². The van der Waals surface area contributed by atoms with Gasteiger partial charge >= 0.3 is 123 Å². The Hall–Kier alpha value is 1.85. The van der Waals surface area contributed by atoms with Gasteiger partial charge in [0.2, 0.25) is 0 Å². The van der Waals surface area contributed by atoms with E-state index in [2.05, 4.69) is 290 Å². The predicted octanol–water partition coefficient (Wildman–Crippen LogP) is 20.2. The van der Waals surface area contributed by atoms with Crippen LogP contribution in [0.5, 0.6) is 0 Å². The van der Waals surface area contributed by atoms with E-state index < -0.39 is 0 Å². The van der Waals surface area contributed by atoms with Crippen molar-refractivity contribution < 1.29 is 227 Å². The van der Waals surface area contributed by atoms with Crippen LogP contribution in [0.4, 0.5) is 0 Å². The van der Waals surface area contributed by atoms with Gasteiger partial charge in [-0.3, -0.25) is 9.97 Å². The monoisotopic (exact) mass is 2210 g/mol. The molecule has 10 nitrogen and oxygen atoms in total. The molecule has 0 fully saturated rings. The molecule has 0 amide bonds. The molecule has 10 aromatic rings. The number of aromatic nitrogens is 4. The molecule has 0 bridgehead atoms. The van der Waals surface area contributed by atoms with E-state index >= 15 is 0 Å². The topological polar surface area (TPSA) is 138 Å². The summed E-state index contributed by atoms with van der Waals surface area (Å²) in [4.78, 5) is 24.4. The summed E-state index contributed by atoms with van der Waals surface area (Å²) in [5.41, 5.74) is 18.0. The summed E-state index contributed by atoms with van der Waals surface area (Å²) in [7, 11) is 6.96. The average Bonchev–Trinajstić information content (AvgIpc) is 0.803. The molecule has 10 rings (SSSR count). The van der Waals surface area contributed by atoms with Gasteiger partial charge in [0.15, 0.2) is 0 Å². The van der Waals surface area contributed by atoms with Crippen LogP contribution < -0.4 is 0 Å². The first-order chi connectivity index (χ1) is 47.2. The van der Waals surface area contributed by atoms with Crippen LogP contribution in [0.2, 0.25) is 0 Å². The van der Waals surface area contributed by atoms with Gasteiger partial charge < -0.3 is 9.80 Å². The second-order valence-electron chi connectivity index (χ2n) is 24.9. The summed E-state index contributed by atoms with van der Waals surface area (Å²) in [5, 5.41) is 7.61. The van der Waals surface area contributed by atoms with Gasteiger partial charge in [-0.2, -0.15) is 0 Å². The normalized spacial score (nSPS) is 9.43. The molecule has 0 aliphatic rings. The van der Waals surface area contributed by atoms with Crippen LogP contribution in [0.1, 0.15) is 100 Å². The first-order valence-electron chi connectivity index (χ1n) is 34.4. The smallest absolute Gasteiger partial charge is 0 e. The summed E-state index contributed by atoms with van der Waals surface area (Å²) in [5.74, 6) is 0. The van der Waals surface area contributed by atoms with Crippen molar-refractivity contribution in [2.75, 3.05) is 120 Å². The fourth-order valence-electron chi connectivity index (χ4n) is 10.6. The molecule has 24 heteroatoms. The van der Waals surface area contributed by atoms with Crippen molar-refractivity contribution in [2.24, 2.45) is 0 Å². The molecule has 0 aliphatic carbocycles. The Morgan fingerprint density at radius 3 is 0.698 bits per heavy atom. The zero-order valence-electron chi connectivity index (χ0n) is 68.1. The second kappa shape index (κ2) is 78.0. The molecule has 0 aliphatic heterocycles. The van der Waals surface area contributed by atoms with E-state index in [1.807, 2.05) is 55.4 Å². The van der Waals surface area contributed by atoms with Crippen molar-refractivity contribution in [2.45, 2.75) is 106 Å². The Balaban J connectivity index is -0.000000133. The Kier molecular flexibility index (Phi) is 94.7. The molecule has 0 spiro atoms. The maximum atomic E-state index is 7.50. The van der Waals surface area contributed by atoms with Crippen molar-refractivity contribution >= 4 is 113 Å². The molecule has 106 heavy (non-hydrogen) atoms. The Morgan fingerprint density at radius 1 is 0.283 bits per heavy atom. The van der Waals surface area contributed by atoms with E-state index in [0.717, 1.165) is 31.4 Å². The standard InChI is InChI=1S/C19H23N2P.C19H23NP2.C16H23N2P.C16H23NP2.4C2H6.4CO.4Ru.4Y.4H/c2*1-21(2)12-16-9-5-7-14-11-15-8-6-10-17(13-22(3)4)19(15)20-18(14)16;1-18(2)12-14-7-5-6-13-8-9-15(17-16(13)14)10-11-19(3)4;1-18(2)11-10-15-9-8-13-6-5-7-14(12-19(3)4)16(13)17-15;8*1-2;;;;;;;;;;;;/h2*5-11H,12-13H2,1-4H3;2*5-9H,10-12H2,1-4H3;4*1-2H3;;;;;;;;;;;;;;;;/q;;;;;;;;;;;;;;2*+1;;;;;;;;/p+6. The summed E-state index contributed by atoms with van der Waals surface area (Å²) in [6.45, 7) is 64.3. The van der Waals surface area contributed by atoms with Crippen LogP contribution in [0.3, 0.4) is 0 Å². The number of hydrogen-bond acceptors (Lipinski definition) is 6. The summed E-state index contributed by atoms with van der Waals surface area (Å²) >= 11 is 0. The van der Waals surface area contributed by atoms with Crippen LogP contribution in [-0.4, -0.2) is 150 Å². The summed E-state index contributed by atoms with van der Waals surface area (Å²) < 4.78 is 30.0. The minimum Gasteiger partial charge on any atom is 0 e. The molecule has 6 aromatic carbocycles. The third-order valence-corrected chi connectivity index (χ3v) is 21.2. The van der Waals surface area contributed by atoms with Gasteiger partial charge in [-0.15, -0.1) is 0 Å². The number of hydrogen-bond donors (Lipinski definition) is 0. The number of benzene rings is 6. The zero-order chi connectivity index (χ0) is 75.0. The molecule has 6 radical (unpaired) electrons. The van der Waals surface area contributed by atoms with Gasteiger partial charge in [-0.25, -0.2) is 9.97 Å². The third kappa shape index (κ3) is 49.2. The number of pyridine rings is 4. The van der Waals surface area contributed by atoms with E-state index in [0.29, 0.717) is 0 Å². The van der Waals surface area contributed by atoms with Crippen molar-refractivity contribution in [3.63, 3.8) is 0 Å². The second-order valence-corrected chi connectivity index (χ2v) is 41.8. The number of nitrogens with zero attached hydrogens (tertiary/aromatic N) is 6. The van der Waals surface area contributed by atoms with Crippen LogP contribution in [-0.2, 0) is 278 Å². The fourth-order valence-corrected chi connectivity index (χ4v) is 16.3. The predicted molar refractivity (Wildman–Crippen MR) is 456 cm³/mol. The fraction of sp³-hybridized carbons (Fsp3) is 0.415. The summed E-state index contributed by atoms with van der Waals surface area (Å²) in [6.07, 6.45) is 9.67. The minimum absolute atomic E-state index is 0. The molecule has 0 unspecified atom stereocenters. The molecule has 574 valence electrons. The molecule has 0 saturated heterocycles. The van der Waals surface area contributed by atoms with E-state index in [4.69, 9.17) is 38.5 Å². The van der Waals surface area contributed by atoms with Gasteiger partial charge in [0, 0.05) is 303 Å². The van der Waals surface area contributed by atoms with Gasteiger partial charge in [0.25, 0.3) is 0 Å². The first-order valence-corrected chi connectivity index (χ1v) is 50.7. The molecular formula is C82H126N6O4P6Ru4Y4+8. The minimum atomic E-state index is -0.307. The first kappa shape index (κ1) is 129. The SMILES string of the molecule is CC.CC.CC.CC.CN(C)Cc1cccc2cc3cccc(C[PH+](C)C)c3nc12.CN(C)Cc1cccc2ccc(CC[PH+](C)C)nc12.C[PH+](C)CCc1ccc2cccc(C[PH+](C)C)c2n1.C[PH+](C)Cc1cccc2cc3cccc(C[PH+](C)C)c3nc12.[C-]#[O+].[C-]#[O+].[C-]#[O+].[C-]#[O+].[RuH+].[RuH+].[RuH].[RuH].[Y].[Y].[Y].[Y]. The molecule has 4 aromatic heterocycles. The van der Waals surface area contributed by atoms with E-state index in [9.17, 15) is 0 Å². The molecule has 0 saturated carbocycles. The molecule has 0 atom stereocenters. The molecule has 4 heterocycles. The average molecular weight is 2210 g/mol. The van der Waals surface area contributed by atoms with Crippen molar-refractivity contribution in [3.05, 3.63) is 217 Å². The number of para-hydroxylation sites is 6. The Morgan fingerprint density at radius 2 is 0.481 bits per heavy atom.